The summed E-state index contributed by atoms with van der Waals surface area (Å²) in [6, 6.07) is 5.20. The summed E-state index contributed by atoms with van der Waals surface area (Å²) >= 11 is 0. The van der Waals surface area contributed by atoms with E-state index in [1.54, 1.807) is 6.07 Å². The van der Waals surface area contributed by atoms with Crippen molar-refractivity contribution in [2.45, 2.75) is 13.3 Å². The highest BCUT2D eigenvalue weighted by Gasteiger charge is 2.22. The molecule has 0 amide bonds. The Morgan fingerprint density at radius 3 is 2.93 bits per heavy atom. The maximum atomic E-state index is 13.4. The summed E-state index contributed by atoms with van der Waals surface area (Å²) in [5.41, 5.74) is 5.37. The van der Waals surface area contributed by atoms with Gasteiger partial charge in [0, 0.05) is 24.4 Å². The molecule has 0 aliphatic heterocycles. The number of benzene rings is 1. The monoisotopic (exact) mass is 199 g/mol. The van der Waals surface area contributed by atoms with E-state index in [0.29, 0.717) is 5.56 Å². The van der Waals surface area contributed by atoms with Gasteiger partial charge in [-0.3, -0.25) is 4.98 Å². The second-order valence-corrected chi connectivity index (χ2v) is 3.91. The minimum absolute atomic E-state index is 0.147. The first-order valence-corrected chi connectivity index (χ1v) is 4.98. The van der Waals surface area contributed by atoms with Gasteiger partial charge in [-0.25, -0.2) is 4.39 Å². The fraction of sp³-hybridized carbons (Fsp3) is 0.154. The first-order valence-electron chi connectivity index (χ1n) is 4.98. The van der Waals surface area contributed by atoms with E-state index >= 15 is 0 Å². The van der Waals surface area contributed by atoms with Crippen molar-refractivity contribution in [3.8, 4) is 11.1 Å². The lowest BCUT2D eigenvalue weighted by Gasteiger charge is -2.05. The van der Waals surface area contributed by atoms with E-state index in [1.165, 1.54) is 17.2 Å². The third-order valence-electron chi connectivity index (χ3n) is 2.95. The molecule has 0 saturated carbocycles. The molecule has 2 heteroatoms. The average molecular weight is 199 g/mol. The normalized spacial score (nSPS) is 12.4. The summed E-state index contributed by atoms with van der Waals surface area (Å²) in [5, 5.41) is 0. The largest absolute Gasteiger partial charge is 0.264 e. The standard InChI is InChI=1S/C13H10FN/c1-8-10(3-2-4-13(8)14)12-7-15-6-9-5-11(9)12/h2-4,6-7H,5H2,1H3. The Morgan fingerprint density at radius 1 is 1.20 bits per heavy atom. The van der Waals surface area contributed by atoms with Gasteiger partial charge in [0.15, 0.2) is 0 Å². The summed E-state index contributed by atoms with van der Waals surface area (Å²) < 4.78 is 13.4. The summed E-state index contributed by atoms with van der Waals surface area (Å²) in [6.45, 7) is 1.81. The number of hydrogen-bond acceptors (Lipinski definition) is 1. The van der Waals surface area contributed by atoms with Crippen molar-refractivity contribution < 1.29 is 4.39 Å². The van der Waals surface area contributed by atoms with Crippen LogP contribution in [0.15, 0.2) is 30.6 Å². The van der Waals surface area contributed by atoms with Gasteiger partial charge in [0.1, 0.15) is 5.82 Å². The maximum absolute atomic E-state index is 13.4. The van der Waals surface area contributed by atoms with Gasteiger partial charge in [-0.2, -0.15) is 0 Å². The number of halogens is 1. The Morgan fingerprint density at radius 2 is 2.07 bits per heavy atom. The van der Waals surface area contributed by atoms with Crippen LogP contribution in [0.2, 0.25) is 0 Å². The van der Waals surface area contributed by atoms with Crippen LogP contribution < -0.4 is 0 Å². The summed E-state index contributed by atoms with van der Waals surface area (Å²) in [4.78, 5) is 4.16. The molecule has 0 fully saturated rings. The predicted molar refractivity (Wildman–Crippen MR) is 57.2 cm³/mol. The molecule has 0 bridgehead atoms. The Kier molecular flexibility index (Phi) is 1.66. The van der Waals surface area contributed by atoms with Crippen molar-refractivity contribution in [3.05, 3.63) is 53.1 Å². The summed E-state index contributed by atoms with van der Waals surface area (Å²) in [6.07, 6.45) is 4.71. The van der Waals surface area contributed by atoms with Crippen molar-refractivity contribution in [1.29, 1.82) is 0 Å². The van der Waals surface area contributed by atoms with Crippen molar-refractivity contribution in [2.75, 3.05) is 0 Å². The fourth-order valence-electron chi connectivity index (χ4n) is 1.95. The lowest BCUT2D eigenvalue weighted by Crippen LogP contribution is -1.88. The first kappa shape index (κ1) is 8.60. The van der Waals surface area contributed by atoms with Gasteiger partial charge < -0.3 is 0 Å². The van der Waals surface area contributed by atoms with Crippen molar-refractivity contribution >= 4 is 0 Å². The number of hydrogen-bond donors (Lipinski definition) is 0. The number of rotatable bonds is 1. The smallest absolute Gasteiger partial charge is 0.126 e. The van der Waals surface area contributed by atoms with Crippen LogP contribution in [0.1, 0.15) is 16.7 Å². The zero-order chi connectivity index (χ0) is 10.4. The van der Waals surface area contributed by atoms with E-state index in [1.807, 2.05) is 25.4 Å². The van der Waals surface area contributed by atoms with Gasteiger partial charge in [0.25, 0.3) is 0 Å². The number of fused-ring (bicyclic) bond motifs is 1. The van der Waals surface area contributed by atoms with E-state index in [4.69, 9.17) is 0 Å². The highest BCUT2D eigenvalue weighted by Crippen LogP contribution is 2.38. The first-order chi connectivity index (χ1) is 7.27. The summed E-state index contributed by atoms with van der Waals surface area (Å²) in [7, 11) is 0. The van der Waals surface area contributed by atoms with Crippen LogP contribution in [0.3, 0.4) is 0 Å². The topological polar surface area (TPSA) is 12.9 Å². The van der Waals surface area contributed by atoms with Crippen LogP contribution in [0.5, 0.6) is 0 Å². The molecule has 15 heavy (non-hydrogen) atoms. The molecule has 1 aromatic carbocycles. The van der Waals surface area contributed by atoms with Gasteiger partial charge in [0.2, 0.25) is 0 Å². The van der Waals surface area contributed by atoms with Crippen LogP contribution in [0.4, 0.5) is 4.39 Å². The average Bonchev–Trinajstić information content (AvgIpc) is 3.01. The van der Waals surface area contributed by atoms with Gasteiger partial charge in [-0.05, 0) is 35.2 Å². The minimum Gasteiger partial charge on any atom is -0.264 e. The highest BCUT2D eigenvalue weighted by molar-refractivity contribution is 5.75. The molecule has 74 valence electrons. The molecule has 3 rings (SSSR count). The third kappa shape index (κ3) is 1.25. The third-order valence-corrected chi connectivity index (χ3v) is 2.95. The molecule has 0 saturated heterocycles. The van der Waals surface area contributed by atoms with Gasteiger partial charge in [-0.15, -0.1) is 0 Å². The highest BCUT2D eigenvalue weighted by atomic mass is 19.1. The minimum atomic E-state index is -0.147. The fourth-order valence-corrected chi connectivity index (χ4v) is 1.95. The van der Waals surface area contributed by atoms with Crippen molar-refractivity contribution in [3.63, 3.8) is 0 Å². The van der Waals surface area contributed by atoms with Gasteiger partial charge >= 0.3 is 0 Å². The second-order valence-electron chi connectivity index (χ2n) is 3.91. The Bertz CT molecular complexity index is 546. The molecule has 1 aromatic heterocycles. The molecule has 0 spiro atoms. The molecular weight excluding hydrogens is 189 g/mol. The Hall–Kier alpha value is -1.70. The van der Waals surface area contributed by atoms with Crippen molar-refractivity contribution in [2.24, 2.45) is 0 Å². The molecule has 0 radical (unpaired) electrons. The molecular formula is C13H10FN. The Balaban J connectivity index is 2.23. The lowest BCUT2D eigenvalue weighted by atomic mass is 10.0. The van der Waals surface area contributed by atoms with Crippen LogP contribution in [-0.4, -0.2) is 4.98 Å². The van der Waals surface area contributed by atoms with Crippen LogP contribution >= 0.6 is 0 Å². The molecule has 0 unspecified atom stereocenters. The van der Waals surface area contributed by atoms with E-state index in [-0.39, 0.29) is 5.82 Å². The van der Waals surface area contributed by atoms with E-state index in [9.17, 15) is 4.39 Å². The van der Waals surface area contributed by atoms with E-state index in [2.05, 4.69) is 4.98 Å². The zero-order valence-corrected chi connectivity index (χ0v) is 8.42. The Labute approximate surface area is 87.6 Å². The van der Waals surface area contributed by atoms with E-state index in [0.717, 1.165) is 17.5 Å². The number of nitrogens with zero attached hydrogens (tertiary/aromatic N) is 1. The van der Waals surface area contributed by atoms with Gasteiger partial charge in [-0.1, -0.05) is 12.1 Å². The molecule has 1 nitrogen and oxygen atoms in total. The molecule has 2 aromatic rings. The molecule has 1 aliphatic carbocycles. The SMILES string of the molecule is Cc1c(F)cccc1-c1cncc2c1C2. The molecule has 1 aliphatic rings. The number of pyridine rings is 1. The quantitative estimate of drug-likeness (QED) is 0.586. The predicted octanol–water partition coefficient (Wildman–Crippen LogP) is 3.10. The molecule has 0 N–H and O–H groups in total. The zero-order valence-electron chi connectivity index (χ0n) is 8.42. The van der Waals surface area contributed by atoms with Crippen LogP contribution in [0, 0.1) is 12.7 Å². The van der Waals surface area contributed by atoms with Crippen LogP contribution in [0.25, 0.3) is 11.1 Å². The van der Waals surface area contributed by atoms with Crippen molar-refractivity contribution in [1.82, 2.24) is 4.98 Å². The van der Waals surface area contributed by atoms with Crippen LogP contribution in [-0.2, 0) is 6.42 Å². The van der Waals surface area contributed by atoms with E-state index < -0.39 is 0 Å². The summed E-state index contributed by atoms with van der Waals surface area (Å²) in [5.74, 6) is -0.147. The second kappa shape index (κ2) is 2.89. The van der Waals surface area contributed by atoms with Gasteiger partial charge in [0.05, 0.1) is 0 Å². The molecule has 0 atom stereocenters. The molecule has 1 heterocycles. The number of aromatic nitrogens is 1. The maximum Gasteiger partial charge on any atom is 0.126 e. The lowest BCUT2D eigenvalue weighted by molar-refractivity contribution is 0.619.